The summed E-state index contributed by atoms with van der Waals surface area (Å²) < 4.78 is 3.00. The number of hydrogen-bond acceptors (Lipinski definition) is 2. The van der Waals surface area contributed by atoms with Crippen LogP contribution in [0.25, 0.3) is 10.9 Å². The van der Waals surface area contributed by atoms with Gasteiger partial charge in [0.05, 0.1) is 0 Å². The monoisotopic (exact) mass is 366 g/mol. The molecule has 1 aromatic carbocycles. The van der Waals surface area contributed by atoms with E-state index in [4.69, 9.17) is 5.11 Å². The third-order valence-corrected chi connectivity index (χ3v) is 4.06. The van der Waals surface area contributed by atoms with Crippen molar-refractivity contribution in [2.45, 2.75) is 32.9 Å². The maximum absolute atomic E-state index is 12.0. The van der Waals surface area contributed by atoms with Crippen LogP contribution >= 0.6 is 15.9 Å². The van der Waals surface area contributed by atoms with E-state index in [1.54, 1.807) is 13.8 Å². The minimum Gasteiger partial charge on any atom is -0.480 e. The van der Waals surface area contributed by atoms with Crippen molar-refractivity contribution in [1.82, 2.24) is 9.88 Å². The summed E-state index contributed by atoms with van der Waals surface area (Å²) in [6.45, 7) is 4.06. The summed E-state index contributed by atoms with van der Waals surface area (Å²) in [7, 11) is 0. The predicted molar refractivity (Wildman–Crippen MR) is 88.7 cm³/mol. The molecule has 0 aliphatic carbocycles. The number of hydrogen-bond donors (Lipinski definition) is 2. The van der Waals surface area contributed by atoms with Crippen LogP contribution < -0.4 is 5.32 Å². The topological polar surface area (TPSA) is 71.3 Å². The molecule has 2 aromatic rings. The molecule has 0 bridgehead atoms. The SMILES string of the molecule is CC(C)[C@H](NC(=O)CCn1ccc2cc(Br)ccc21)C(=O)O. The van der Waals surface area contributed by atoms with Gasteiger partial charge in [-0.1, -0.05) is 29.8 Å². The second kappa shape index (κ2) is 6.96. The zero-order valence-corrected chi connectivity index (χ0v) is 14.1. The number of carboxylic acids is 1. The molecule has 1 atom stereocenters. The molecule has 1 aromatic heterocycles. The number of aliphatic carboxylic acids is 1. The van der Waals surface area contributed by atoms with Crippen molar-refractivity contribution in [2.24, 2.45) is 5.92 Å². The third kappa shape index (κ3) is 3.88. The Kier molecular flexibility index (Phi) is 5.24. The molecule has 1 heterocycles. The van der Waals surface area contributed by atoms with Crippen LogP contribution in [0.2, 0.25) is 0 Å². The normalized spacial score (nSPS) is 12.5. The van der Waals surface area contributed by atoms with Crippen molar-refractivity contribution < 1.29 is 14.7 Å². The second-order valence-electron chi connectivity index (χ2n) is 5.59. The van der Waals surface area contributed by atoms with Gasteiger partial charge >= 0.3 is 5.97 Å². The van der Waals surface area contributed by atoms with Crippen molar-refractivity contribution in [3.05, 3.63) is 34.9 Å². The van der Waals surface area contributed by atoms with Gasteiger partial charge in [0.1, 0.15) is 6.04 Å². The third-order valence-electron chi connectivity index (χ3n) is 3.56. The van der Waals surface area contributed by atoms with E-state index in [9.17, 15) is 9.59 Å². The van der Waals surface area contributed by atoms with Crippen LogP contribution in [0.15, 0.2) is 34.9 Å². The summed E-state index contributed by atoms with van der Waals surface area (Å²) in [5.41, 5.74) is 1.05. The van der Waals surface area contributed by atoms with Gasteiger partial charge in [-0.2, -0.15) is 0 Å². The highest BCUT2D eigenvalue weighted by Gasteiger charge is 2.23. The van der Waals surface area contributed by atoms with Gasteiger partial charge in [0, 0.05) is 34.5 Å². The maximum Gasteiger partial charge on any atom is 0.326 e. The standard InChI is InChI=1S/C16H19BrN2O3/c1-10(2)15(16(21)22)18-14(20)6-8-19-7-5-11-9-12(17)3-4-13(11)19/h3-5,7,9-10,15H,6,8H2,1-2H3,(H,18,20)(H,21,22)/t15-/m0/s1. The lowest BCUT2D eigenvalue weighted by Crippen LogP contribution is -2.44. The lowest BCUT2D eigenvalue weighted by molar-refractivity contribution is -0.143. The Morgan fingerprint density at radius 2 is 2.05 bits per heavy atom. The number of benzene rings is 1. The first-order valence-electron chi connectivity index (χ1n) is 7.15. The van der Waals surface area contributed by atoms with E-state index in [1.807, 2.05) is 35.0 Å². The number of carbonyl (C=O) groups excluding carboxylic acids is 1. The summed E-state index contributed by atoms with van der Waals surface area (Å²) in [5.74, 6) is -1.40. The molecule has 0 unspecified atom stereocenters. The molecule has 0 aliphatic heterocycles. The van der Waals surface area contributed by atoms with Gasteiger partial charge in [0.25, 0.3) is 0 Å². The van der Waals surface area contributed by atoms with Crippen molar-refractivity contribution in [3.8, 4) is 0 Å². The largest absolute Gasteiger partial charge is 0.480 e. The van der Waals surface area contributed by atoms with Gasteiger partial charge in [-0.25, -0.2) is 4.79 Å². The van der Waals surface area contributed by atoms with Crippen molar-refractivity contribution in [1.29, 1.82) is 0 Å². The average Bonchev–Trinajstić information content (AvgIpc) is 2.84. The Balaban J connectivity index is 1.99. The summed E-state index contributed by atoms with van der Waals surface area (Å²) in [4.78, 5) is 23.0. The minimum atomic E-state index is -1.00. The first kappa shape index (κ1) is 16.5. The van der Waals surface area contributed by atoms with E-state index in [0.29, 0.717) is 6.54 Å². The molecular formula is C16H19BrN2O3. The average molecular weight is 367 g/mol. The van der Waals surface area contributed by atoms with Gasteiger partial charge < -0.3 is 15.0 Å². The number of halogens is 1. The number of amides is 1. The van der Waals surface area contributed by atoms with E-state index in [1.165, 1.54) is 0 Å². The second-order valence-corrected chi connectivity index (χ2v) is 6.51. The highest BCUT2D eigenvalue weighted by atomic mass is 79.9. The van der Waals surface area contributed by atoms with Crippen LogP contribution in [0.1, 0.15) is 20.3 Å². The Morgan fingerprint density at radius 1 is 1.32 bits per heavy atom. The van der Waals surface area contributed by atoms with E-state index in [0.717, 1.165) is 15.4 Å². The number of aryl methyl sites for hydroxylation is 1. The molecule has 0 aliphatic rings. The molecule has 2 rings (SSSR count). The molecule has 1 amide bonds. The van der Waals surface area contributed by atoms with Gasteiger partial charge in [-0.05, 0) is 30.2 Å². The molecule has 6 heteroatoms. The predicted octanol–water partition coefficient (Wildman–Crippen LogP) is 3.02. The van der Waals surface area contributed by atoms with Crippen LogP contribution in [0, 0.1) is 5.92 Å². The Hall–Kier alpha value is -1.82. The van der Waals surface area contributed by atoms with Gasteiger partial charge in [0.2, 0.25) is 5.91 Å². The summed E-state index contributed by atoms with van der Waals surface area (Å²) >= 11 is 3.43. The van der Waals surface area contributed by atoms with Crippen LogP contribution in [0.5, 0.6) is 0 Å². The van der Waals surface area contributed by atoms with E-state index in [-0.39, 0.29) is 18.2 Å². The Bertz CT molecular complexity index is 694. The van der Waals surface area contributed by atoms with E-state index >= 15 is 0 Å². The number of nitrogens with one attached hydrogen (secondary N) is 1. The van der Waals surface area contributed by atoms with Gasteiger partial charge in [-0.15, -0.1) is 0 Å². The number of carbonyl (C=O) groups is 2. The van der Waals surface area contributed by atoms with E-state index < -0.39 is 12.0 Å². The molecule has 5 nitrogen and oxygen atoms in total. The molecule has 0 fully saturated rings. The quantitative estimate of drug-likeness (QED) is 0.825. The zero-order valence-electron chi connectivity index (χ0n) is 12.5. The molecule has 0 radical (unpaired) electrons. The van der Waals surface area contributed by atoms with Crippen molar-refractivity contribution >= 4 is 38.7 Å². The summed E-state index contributed by atoms with van der Waals surface area (Å²) in [5, 5.41) is 12.8. The van der Waals surface area contributed by atoms with Crippen LogP contribution in [-0.2, 0) is 16.1 Å². The number of fused-ring (bicyclic) bond motifs is 1. The number of aromatic nitrogens is 1. The highest BCUT2D eigenvalue weighted by molar-refractivity contribution is 9.10. The van der Waals surface area contributed by atoms with Gasteiger partial charge in [0.15, 0.2) is 0 Å². The Morgan fingerprint density at radius 3 is 2.68 bits per heavy atom. The first-order chi connectivity index (χ1) is 10.4. The number of nitrogens with zero attached hydrogens (tertiary/aromatic N) is 1. The fraction of sp³-hybridized carbons (Fsp3) is 0.375. The molecule has 22 heavy (non-hydrogen) atoms. The zero-order chi connectivity index (χ0) is 16.3. The fourth-order valence-corrected chi connectivity index (χ4v) is 2.73. The maximum atomic E-state index is 12.0. The smallest absolute Gasteiger partial charge is 0.326 e. The molecule has 2 N–H and O–H groups in total. The van der Waals surface area contributed by atoms with E-state index in [2.05, 4.69) is 21.2 Å². The lowest BCUT2D eigenvalue weighted by Gasteiger charge is -2.18. The number of rotatable bonds is 6. The van der Waals surface area contributed by atoms with Crippen LogP contribution in [0.3, 0.4) is 0 Å². The fourth-order valence-electron chi connectivity index (χ4n) is 2.35. The minimum absolute atomic E-state index is 0.147. The number of carboxylic acid groups (broad SMARTS) is 1. The molecule has 0 saturated heterocycles. The van der Waals surface area contributed by atoms with Crippen molar-refractivity contribution in [2.75, 3.05) is 0 Å². The molecule has 0 spiro atoms. The highest BCUT2D eigenvalue weighted by Crippen LogP contribution is 2.21. The summed E-state index contributed by atoms with van der Waals surface area (Å²) in [6, 6.07) is 7.12. The van der Waals surface area contributed by atoms with Crippen LogP contribution in [0.4, 0.5) is 0 Å². The molecule has 118 valence electrons. The van der Waals surface area contributed by atoms with Gasteiger partial charge in [-0.3, -0.25) is 4.79 Å². The molecular weight excluding hydrogens is 348 g/mol. The molecule has 0 saturated carbocycles. The van der Waals surface area contributed by atoms with Crippen LogP contribution in [-0.4, -0.2) is 27.6 Å². The summed E-state index contributed by atoms with van der Waals surface area (Å²) in [6.07, 6.45) is 2.18. The Labute approximate surface area is 137 Å². The van der Waals surface area contributed by atoms with Crippen molar-refractivity contribution in [3.63, 3.8) is 0 Å². The first-order valence-corrected chi connectivity index (χ1v) is 7.94. The lowest BCUT2D eigenvalue weighted by atomic mass is 10.0.